The highest BCUT2D eigenvalue weighted by molar-refractivity contribution is 7.88. The van der Waals surface area contributed by atoms with Gasteiger partial charge in [-0.1, -0.05) is 35.6 Å². The van der Waals surface area contributed by atoms with Gasteiger partial charge in [-0.05, 0) is 48.2 Å². The summed E-state index contributed by atoms with van der Waals surface area (Å²) in [6, 6.07) is 11.6. The number of ether oxygens (including phenoxy) is 2. The van der Waals surface area contributed by atoms with Crippen molar-refractivity contribution in [3.05, 3.63) is 74.9 Å². The van der Waals surface area contributed by atoms with E-state index in [-0.39, 0.29) is 18.5 Å². The molecule has 2 fully saturated rings. The van der Waals surface area contributed by atoms with E-state index in [1.54, 1.807) is 0 Å². The molecule has 0 aliphatic carbocycles. The first kappa shape index (κ1) is 34.2. The molecule has 4 aliphatic rings. The number of aryl methyl sites for hydroxylation is 1. The molecule has 4 aliphatic heterocycles. The van der Waals surface area contributed by atoms with E-state index in [2.05, 4.69) is 38.9 Å². The van der Waals surface area contributed by atoms with Gasteiger partial charge in [-0.25, -0.2) is 8.42 Å². The highest BCUT2D eigenvalue weighted by Gasteiger charge is 2.31. The molecule has 3 aromatic rings. The number of carbonyl (C=O) groups excluding carboxylic acids is 1. The molecule has 2 saturated heterocycles. The fourth-order valence-corrected chi connectivity index (χ4v) is 8.06. The van der Waals surface area contributed by atoms with Crippen LogP contribution in [-0.2, 0) is 56.8 Å². The Bertz CT molecular complexity index is 1870. The van der Waals surface area contributed by atoms with Crippen LogP contribution in [0, 0.1) is 11.8 Å². The van der Waals surface area contributed by atoms with Gasteiger partial charge in [0.1, 0.15) is 0 Å². The second-order valence-electron chi connectivity index (χ2n) is 13.2. The summed E-state index contributed by atoms with van der Waals surface area (Å²) < 4.78 is 39.6. The van der Waals surface area contributed by atoms with Crippen LogP contribution in [0.1, 0.15) is 39.9 Å². The Morgan fingerprint density at radius 2 is 1.76 bits per heavy atom. The summed E-state index contributed by atoms with van der Waals surface area (Å²) in [5, 5.41) is 9.01. The number of sulfonamides is 1. The Labute approximate surface area is 293 Å². The van der Waals surface area contributed by atoms with Crippen LogP contribution in [-0.4, -0.2) is 116 Å². The van der Waals surface area contributed by atoms with Gasteiger partial charge in [-0.3, -0.25) is 14.4 Å². The van der Waals surface area contributed by atoms with Crippen molar-refractivity contribution in [2.45, 2.75) is 44.9 Å². The monoisotopic (exact) mass is 706 g/mol. The fourth-order valence-electron chi connectivity index (χ4n) is 7.11. The first-order chi connectivity index (χ1) is 23.7. The first-order valence-corrected chi connectivity index (χ1v) is 19.3. The molecule has 11 nitrogen and oxygen atoms in total. The van der Waals surface area contributed by atoms with Gasteiger partial charge >= 0.3 is 0 Å². The summed E-state index contributed by atoms with van der Waals surface area (Å²) in [5.41, 5.74) is 7.47. The van der Waals surface area contributed by atoms with Gasteiger partial charge in [0.05, 0.1) is 49.4 Å². The molecule has 2 aromatic carbocycles. The lowest BCUT2D eigenvalue weighted by Crippen LogP contribution is -2.52. The Morgan fingerprint density at radius 1 is 0.980 bits per heavy atom. The smallest absolute Gasteiger partial charge is 0.240 e. The van der Waals surface area contributed by atoms with Crippen molar-refractivity contribution < 1.29 is 22.7 Å². The lowest BCUT2D eigenvalue weighted by Gasteiger charge is -2.33. The van der Waals surface area contributed by atoms with Crippen LogP contribution in [0.2, 0.25) is 5.02 Å². The van der Waals surface area contributed by atoms with Crippen LogP contribution in [0.4, 0.5) is 0 Å². The van der Waals surface area contributed by atoms with E-state index in [0.717, 1.165) is 79.5 Å². The molecular weight excluding hydrogens is 664 g/mol. The number of hydrogen-bond acceptors (Lipinski definition) is 8. The van der Waals surface area contributed by atoms with Gasteiger partial charge in [0, 0.05) is 93.3 Å². The minimum Gasteiger partial charge on any atom is -0.379 e. The molecule has 5 heterocycles. The highest BCUT2D eigenvalue weighted by atomic mass is 35.5. The average Bonchev–Trinajstić information content (AvgIpc) is 3.49. The summed E-state index contributed by atoms with van der Waals surface area (Å²) in [5.74, 6) is 6.70. The molecule has 260 valence electrons. The van der Waals surface area contributed by atoms with E-state index in [9.17, 15) is 13.2 Å². The molecule has 0 bridgehead atoms. The van der Waals surface area contributed by atoms with Crippen LogP contribution in [0.3, 0.4) is 0 Å². The van der Waals surface area contributed by atoms with Crippen LogP contribution in [0.25, 0.3) is 11.3 Å². The maximum absolute atomic E-state index is 13.1. The van der Waals surface area contributed by atoms with Crippen molar-refractivity contribution >= 4 is 27.5 Å². The zero-order chi connectivity index (χ0) is 34.0. The zero-order valence-corrected chi connectivity index (χ0v) is 29.5. The molecule has 1 atom stereocenters. The van der Waals surface area contributed by atoms with Gasteiger partial charge in [-0.2, -0.15) is 9.40 Å². The van der Waals surface area contributed by atoms with Crippen LogP contribution in [0.15, 0.2) is 36.4 Å². The molecule has 1 amide bonds. The number of morpholine rings is 2. The fraction of sp³-hybridized carbons (Fsp3) is 0.500. The van der Waals surface area contributed by atoms with Crippen molar-refractivity contribution in [3.63, 3.8) is 0 Å². The Morgan fingerprint density at radius 3 is 2.53 bits per heavy atom. The molecule has 0 spiro atoms. The highest BCUT2D eigenvalue weighted by Crippen LogP contribution is 2.33. The largest absolute Gasteiger partial charge is 0.379 e. The molecule has 1 unspecified atom stereocenters. The third kappa shape index (κ3) is 7.89. The molecule has 49 heavy (non-hydrogen) atoms. The van der Waals surface area contributed by atoms with Crippen molar-refractivity contribution in [2.75, 3.05) is 72.0 Å². The van der Waals surface area contributed by atoms with Gasteiger partial charge < -0.3 is 19.7 Å². The Hall–Kier alpha value is -3.28. The third-order valence-corrected chi connectivity index (χ3v) is 11.5. The number of nitrogens with zero attached hydrogens (tertiary/aromatic N) is 5. The van der Waals surface area contributed by atoms with E-state index in [4.69, 9.17) is 26.2 Å². The summed E-state index contributed by atoms with van der Waals surface area (Å²) >= 11 is 6.68. The number of aromatic nitrogens is 2. The second-order valence-corrected chi connectivity index (χ2v) is 15.5. The summed E-state index contributed by atoms with van der Waals surface area (Å²) in [7, 11) is -3.36. The molecule has 13 heteroatoms. The first-order valence-electron chi connectivity index (χ1n) is 17.1. The predicted octanol–water partition coefficient (Wildman–Crippen LogP) is 2.52. The maximum atomic E-state index is 13.1. The molecular formula is C36H43ClN6O5S. The van der Waals surface area contributed by atoms with Gasteiger partial charge in [0.15, 0.2) is 0 Å². The van der Waals surface area contributed by atoms with Gasteiger partial charge in [-0.15, -0.1) is 0 Å². The second kappa shape index (κ2) is 14.9. The van der Waals surface area contributed by atoms with E-state index in [1.807, 2.05) is 29.2 Å². The molecule has 0 saturated carbocycles. The van der Waals surface area contributed by atoms with E-state index in [1.165, 1.54) is 16.1 Å². The Kier molecular flexibility index (Phi) is 10.4. The number of carbonyl (C=O) groups is 1. The normalized spacial score (nSPS) is 20.3. The maximum Gasteiger partial charge on any atom is 0.240 e. The number of halogens is 1. The zero-order valence-electron chi connectivity index (χ0n) is 27.9. The number of benzene rings is 2. The number of amides is 1. The van der Waals surface area contributed by atoms with E-state index < -0.39 is 10.0 Å². The van der Waals surface area contributed by atoms with Crippen molar-refractivity contribution in [1.29, 1.82) is 0 Å². The lowest BCUT2D eigenvalue weighted by atomic mass is 9.93. The third-order valence-electron chi connectivity index (χ3n) is 9.89. The van der Waals surface area contributed by atoms with Crippen molar-refractivity contribution in [2.24, 2.45) is 0 Å². The number of fused-ring (bicyclic) bond motifs is 2. The molecule has 1 N–H and O–H groups in total. The summed E-state index contributed by atoms with van der Waals surface area (Å²) in [6.07, 6.45) is 3.43. The van der Waals surface area contributed by atoms with Crippen LogP contribution >= 0.6 is 11.6 Å². The van der Waals surface area contributed by atoms with E-state index >= 15 is 0 Å². The predicted molar refractivity (Wildman–Crippen MR) is 188 cm³/mol. The molecule has 1 aromatic heterocycles. The van der Waals surface area contributed by atoms with Crippen LogP contribution in [0.5, 0.6) is 0 Å². The lowest BCUT2D eigenvalue weighted by molar-refractivity contribution is -0.137. The number of nitrogens with one attached hydrogen (secondary N) is 1. The molecule has 0 radical (unpaired) electrons. The van der Waals surface area contributed by atoms with Crippen molar-refractivity contribution in [3.8, 4) is 23.1 Å². The topological polar surface area (TPSA) is 109 Å². The minimum absolute atomic E-state index is 0.121. The number of rotatable bonds is 7. The van der Waals surface area contributed by atoms with Gasteiger partial charge in [0.25, 0.3) is 0 Å². The van der Waals surface area contributed by atoms with Gasteiger partial charge in [0.2, 0.25) is 15.9 Å². The Balaban J connectivity index is 1.12. The number of hydrogen-bond donors (Lipinski definition) is 1. The molecule has 7 rings (SSSR count). The summed E-state index contributed by atoms with van der Waals surface area (Å²) in [4.78, 5) is 17.4. The minimum atomic E-state index is -3.36. The van der Waals surface area contributed by atoms with Crippen LogP contribution < -0.4 is 5.32 Å². The SMILES string of the molecule is CS(=O)(=O)N1CCc2c(c(-c3ccc(Cl)c(C#Cc4ccc5c(c4)CC(C(=O)N4CCOCC4)NC5)c3)nn2CCCN2CCOCC2)C1. The average molecular weight is 707 g/mol. The van der Waals surface area contributed by atoms with E-state index in [0.29, 0.717) is 62.8 Å². The quantitative estimate of drug-likeness (QED) is 0.374. The standard InChI is InChI=1S/C36H43ClN6O5S/c1-49(45,46)42-12-9-34-31(25-42)35(39-43(34)11-2-10-40-13-17-47-18-14-40)28-7-8-32(37)27(22-28)5-3-26-4-6-29-24-38-33(23-30(29)21-26)36(44)41-15-19-48-20-16-41/h4,6-8,21-22,33,38H,2,9-20,23-25H2,1H3. The van der Waals surface area contributed by atoms with Crippen molar-refractivity contribution in [1.82, 2.24) is 29.2 Å². The summed E-state index contributed by atoms with van der Waals surface area (Å²) in [6.45, 7) is 8.93.